The SMILES string of the molecule is CCNC(=NCc1cc(OC)c(OC)c(OC)c1)N1CCC(C)(C)C1.I. The number of hydrogen-bond donors (Lipinski definition) is 1. The van der Waals surface area contributed by atoms with Crippen molar-refractivity contribution in [1.82, 2.24) is 10.2 Å². The Balaban J connectivity index is 0.00000338. The summed E-state index contributed by atoms with van der Waals surface area (Å²) < 4.78 is 16.2. The van der Waals surface area contributed by atoms with Crippen LogP contribution in [-0.2, 0) is 6.54 Å². The molecule has 7 heteroatoms. The third kappa shape index (κ3) is 5.56. The highest BCUT2D eigenvalue weighted by Crippen LogP contribution is 2.38. The number of hydrogen-bond acceptors (Lipinski definition) is 4. The van der Waals surface area contributed by atoms with Crippen LogP contribution in [0.4, 0.5) is 0 Å². The summed E-state index contributed by atoms with van der Waals surface area (Å²) in [6.07, 6.45) is 1.18. The maximum Gasteiger partial charge on any atom is 0.203 e. The van der Waals surface area contributed by atoms with Crippen LogP contribution >= 0.6 is 24.0 Å². The average molecular weight is 477 g/mol. The van der Waals surface area contributed by atoms with Crippen LogP contribution in [0.2, 0.25) is 0 Å². The van der Waals surface area contributed by atoms with Gasteiger partial charge in [0.25, 0.3) is 0 Å². The van der Waals surface area contributed by atoms with E-state index in [4.69, 9.17) is 19.2 Å². The van der Waals surface area contributed by atoms with Gasteiger partial charge in [0.2, 0.25) is 5.75 Å². The summed E-state index contributed by atoms with van der Waals surface area (Å²) in [4.78, 5) is 7.15. The number of ether oxygens (including phenoxy) is 3. The molecule has 1 N–H and O–H groups in total. The molecule has 1 aromatic rings. The minimum absolute atomic E-state index is 0. The molecule has 26 heavy (non-hydrogen) atoms. The van der Waals surface area contributed by atoms with Gasteiger partial charge in [-0.05, 0) is 36.5 Å². The fourth-order valence-electron chi connectivity index (χ4n) is 3.11. The summed E-state index contributed by atoms with van der Waals surface area (Å²) >= 11 is 0. The first kappa shape index (κ1) is 22.7. The zero-order chi connectivity index (χ0) is 18.4. The van der Waals surface area contributed by atoms with Gasteiger partial charge in [-0.2, -0.15) is 0 Å². The Hall–Kier alpha value is -1.38. The summed E-state index contributed by atoms with van der Waals surface area (Å²) in [5.74, 6) is 2.87. The summed E-state index contributed by atoms with van der Waals surface area (Å²) in [5.41, 5.74) is 1.35. The zero-order valence-corrected chi connectivity index (χ0v) is 19.0. The van der Waals surface area contributed by atoms with Crippen LogP contribution in [0.3, 0.4) is 0 Å². The van der Waals surface area contributed by atoms with E-state index in [1.807, 2.05) is 12.1 Å². The maximum atomic E-state index is 5.42. The second-order valence-corrected chi connectivity index (χ2v) is 7.04. The molecule has 6 nitrogen and oxygen atoms in total. The van der Waals surface area contributed by atoms with Crippen LogP contribution in [-0.4, -0.2) is 51.8 Å². The van der Waals surface area contributed by atoms with Gasteiger partial charge in [-0.1, -0.05) is 13.8 Å². The zero-order valence-electron chi connectivity index (χ0n) is 16.7. The first-order chi connectivity index (χ1) is 11.9. The van der Waals surface area contributed by atoms with E-state index in [1.165, 1.54) is 6.42 Å². The summed E-state index contributed by atoms with van der Waals surface area (Å²) in [5, 5.41) is 3.40. The lowest BCUT2D eigenvalue weighted by atomic mass is 9.93. The fourth-order valence-corrected chi connectivity index (χ4v) is 3.11. The molecule has 148 valence electrons. The molecule has 0 unspecified atom stereocenters. The second-order valence-electron chi connectivity index (χ2n) is 7.04. The van der Waals surface area contributed by atoms with E-state index in [0.717, 1.165) is 31.2 Å². The molecular formula is C19H32IN3O3. The first-order valence-corrected chi connectivity index (χ1v) is 8.76. The van der Waals surface area contributed by atoms with Gasteiger partial charge in [0.05, 0.1) is 27.9 Å². The number of aliphatic imine (C=N–C) groups is 1. The topological polar surface area (TPSA) is 55.3 Å². The minimum Gasteiger partial charge on any atom is -0.493 e. The predicted molar refractivity (Wildman–Crippen MR) is 116 cm³/mol. The van der Waals surface area contributed by atoms with Crippen molar-refractivity contribution in [3.05, 3.63) is 17.7 Å². The molecular weight excluding hydrogens is 445 g/mol. The summed E-state index contributed by atoms with van der Waals surface area (Å²) in [7, 11) is 4.86. The van der Waals surface area contributed by atoms with Crippen molar-refractivity contribution in [3.8, 4) is 17.2 Å². The number of methoxy groups -OCH3 is 3. The molecule has 0 saturated carbocycles. The monoisotopic (exact) mass is 477 g/mol. The highest BCUT2D eigenvalue weighted by atomic mass is 127. The van der Waals surface area contributed by atoms with Crippen molar-refractivity contribution in [2.75, 3.05) is 41.0 Å². The summed E-state index contributed by atoms with van der Waals surface area (Å²) in [6, 6.07) is 3.89. The van der Waals surface area contributed by atoms with Crippen LogP contribution in [0, 0.1) is 5.41 Å². The van der Waals surface area contributed by atoms with E-state index in [2.05, 4.69) is 31.0 Å². The number of nitrogens with zero attached hydrogens (tertiary/aromatic N) is 2. The normalized spacial score (nSPS) is 16.1. The van der Waals surface area contributed by atoms with Gasteiger partial charge in [0, 0.05) is 19.6 Å². The average Bonchev–Trinajstić information content (AvgIpc) is 2.97. The Morgan fingerprint density at radius 2 is 1.77 bits per heavy atom. The molecule has 0 aromatic heterocycles. The molecule has 1 aliphatic rings. The molecule has 0 bridgehead atoms. The Morgan fingerprint density at radius 1 is 1.15 bits per heavy atom. The molecule has 1 fully saturated rings. The van der Waals surface area contributed by atoms with E-state index in [0.29, 0.717) is 29.2 Å². The van der Waals surface area contributed by atoms with Crippen molar-refractivity contribution in [3.63, 3.8) is 0 Å². The molecule has 0 amide bonds. The van der Waals surface area contributed by atoms with Crippen molar-refractivity contribution in [1.29, 1.82) is 0 Å². The molecule has 0 radical (unpaired) electrons. The number of likely N-dealkylation sites (tertiary alicyclic amines) is 1. The van der Waals surface area contributed by atoms with Crippen molar-refractivity contribution in [2.24, 2.45) is 10.4 Å². The van der Waals surface area contributed by atoms with Gasteiger partial charge < -0.3 is 24.4 Å². The third-order valence-corrected chi connectivity index (χ3v) is 4.45. The van der Waals surface area contributed by atoms with Gasteiger partial charge in [-0.3, -0.25) is 0 Å². The lowest BCUT2D eigenvalue weighted by Gasteiger charge is -2.23. The van der Waals surface area contributed by atoms with Crippen LogP contribution in [0.5, 0.6) is 17.2 Å². The molecule has 2 rings (SSSR count). The van der Waals surface area contributed by atoms with Crippen molar-refractivity contribution >= 4 is 29.9 Å². The van der Waals surface area contributed by atoms with Crippen LogP contribution < -0.4 is 19.5 Å². The Labute approximate surface area is 174 Å². The Bertz CT molecular complexity index is 595. The molecule has 1 aromatic carbocycles. The van der Waals surface area contributed by atoms with Gasteiger partial charge >= 0.3 is 0 Å². The van der Waals surface area contributed by atoms with Crippen molar-refractivity contribution < 1.29 is 14.2 Å². The number of halogens is 1. The van der Waals surface area contributed by atoms with E-state index in [9.17, 15) is 0 Å². The third-order valence-electron chi connectivity index (χ3n) is 4.45. The van der Waals surface area contributed by atoms with E-state index in [-0.39, 0.29) is 24.0 Å². The van der Waals surface area contributed by atoms with Gasteiger partial charge in [0.1, 0.15) is 0 Å². The second kappa shape index (κ2) is 10.1. The molecule has 1 saturated heterocycles. The van der Waals surface area contributed by atoms with Crippen LogP contribution in [0.1, 0.15) is 32.8 Å². The summed E-state index contributed by atoms with van der Waals surface area (Å²) in [6.45, 7) is 10.2. The highest BCUT2D eigenvalue weighted by Gasteiger charge is 2.30. The quantitative estimate of drug-likeness (QED) is 0.386. The molecule has 1 heterocycles. The fraction of sp³-hybridized carbons (Fsp3) is 0.632. The van der Waals surface area contributed by atoms with Crippen LogP contribution in [0.15, 0.2) is 17.1 Å². The Kier molecular flexibility index (Phi) is 8.79. The van der Waals surface area contributed by atoms with E-state index < -0.39 is 0 Å². The number of benzene rings is 1. The van der Waals surface area contributed by atoms with E-state index >= 15 is 0 Å². The van der Waals surface area contributed by atoms with E-state index in [1.54, 1.807) is 21.3 Å². The van der Waals surface area contributed by atoms with Gasteiger partial charge in [0.15, 0.2) is 17.5 Å². The van der Waals surface area contributed by atoms with Crippen LogP contribution in [0.25, 0.3) is 0 Å². The Morgan fingerprint density at radius 3 is 2.19 bits per heavy atom. The maximum absolute atomic E-state index is 5.42. The predicted octanol–water partition coefficient (Wildman–Crippen LogP) is 3.53. The number of guanidine groups is 1. The largest absolute Gasteiger partial charge is 0.493 e. The molecule has 0 aliphatic carbocycles. The van der Waals surface area contributed by atoms with Gasteiger partial charge in [-0.15, -0.1) is 24.0 Å². The lowest BCUT2D eigenvalue weighted by Crippen LogP contribution is -2.40. The van der Waals surface area contributed by atoms with Gasteiger partial charge in [-0.25, -0.2) is 4.99 Å². The smallest absolute Gasteiger partial charge is 0.203 e. The number of nitrogens with one attached hydrogen (secondary N) is 1. The number of rotatable bonds is 6. The van der Waals surface area contributed by atoms with Crippen molar-refractivity contribution in [2.45, 2.75) is 33.7 Å². The standard InChI is InChI=1S/C19H31N3O3.HI/c1-7-20-18(22-9-8-19(2,3)13-22)21-12-14-10-15(23-4)17(25-6)16(11-14)24-5;/h10-11H,7-9,12-13H2,1-6H3,(H,20,21);1H. The molecule has 1 aliphatic heterocycles. The molecule has 0 spiro atoms. The lowest BCUT2D eigenvalue weighted by molar-refractivity contribution is 0.324. The first-order valence-electron chi connectivity index (χ1n) is 8.76. The minimum atomic E-state index is 0. The highest BCUT2D eigenvalue weighted by molar-refractivity contribution is 14.0. The molecule has 0 atom stereocenters.